The minimum Gasteiger partial charge on any atom is -0.259 e. The molecule has 1 fully saturated rings. The van der Waals surface area contributed by atoms with Crippen LogP contribution in [-0.2, 0) is 21.7 Å². The maximum atomic E-state index is 13.8. The molecule has 1 unspecified atom stereocenters. The molecule has 0 saturated heterocycles. The Bertz CT molecular complexity index is 1350. The first-order chi connectivity index (χ1) is 16.2. The van der Waals surface area contributed by atoms with Crippen molar-refractivity contribution in [2.45, 2.75) is 56.3 Å². The van der Waals surface area contributed by atoms with Gasteiger partial charge in [-0.2, -0.15) is 18.3 Å². The number of pyridine rings is 1. The maximum absolute atomic E-state index is 13.8. The van der Waals surface area contributed by atoms with Crippen molar-refractivity contribution in [3.05, 3.63) is 64.3 Å². The topological polar surface area (TPSA) is 76.9 Å². The van der Waals surface area contributed by atoms with E-state index in [1.165, 1.54) is 12.1 Å². The number of alkyl halides is 3. The van der Waals surface area contributed by atoms with Crippen LogP contribution >= 0.6 is 15.9 Å². The minimum atomic E-state index is -4.68. The van der Waals surface area contributed by atoms with Crippen LogP contribution in [0.2, 0.25) is 0 Å². The van der Waals surface area contributed by atoms with Gasteiger partial charge in [0.2, 0.25) is 10.0 Å². The molecule has 2 heterocycles. The molecule has 0 aliphatic heterocycles. The molecule has 1 aromatic carbocycles. The number of hydrogen-bond acceptors (Lipinski definition) is 4. The lowest BCUT2D eigenvalue weighted by Gasteiger charge is -2.25. The van der Waals surface area contributed by atoms with Crippen LogP contribution in [-0.4, -0.2) is 23.2 Å². The summed E-state index contributed by atoms with van der Waals surface area (Å²) in [5.41, 5.74) is 0.193. The molecule has 3 aromatic rings. The van der Waals surface area contributed by atoms with E-state index in [0.717, 1.165) is 18.9 Å². The van der Waals surface area contributed by atoms with Gasteiger partial charge >= 0.3 is 6.18 Å². The molecule has 1 N–H and O–H groups in total. The Morgan fingerprint density at radius 1 is 1.11 bits per heavy atom. The molecule has 12 heteroatoms. The lowest BCUT2D eigenvalue weighted by atomic mass is 9.98. The fourth-order valence-electron chi connectivity index (χ4n) is 3.83. The van der Waals surface area contributed by atoms with E-state index in [1.54, 1.807) is 16.9 Å². The number of aromatic nitrogens is 3. The van der Waals surface area contributed by atoms with Gasteiger partial charge < -0.3 is 0 Å². The van der Waals surface area contributed by atoms with E-state index in [4.69, 9.17) is 0 Å². The summed E-state index contributed by atoms with van der Waals surface area (Å²) in [7, 11) is -4.21. The monoisotopic (exact) mass is 574 g/mol. The molecule has 0 spiro atoms. The molecule has 4 rings (SSSR count). The minimum absolute atomic E-state index is 0.0252. The molecule has 0 bridgehead atoms. The average Bonchev–Trinajstić information content (AvgIpc) is 3.49. The quantitative estimate of drug-likeness (QED) is 0.363. The average molecular weight is 575 g/mol. The fourth-order valence-corrected chi connectivity index (χ4v) is 5.60. The number of benzene rings is 1. The van der Waals surface area contributed by atoms with Crippen LogP contribution in [0.3, 0.4) is 0 Å². The summed E-state index contributed by atoms with van der Waals surface area (Å²) in [4.78, 5) is 2.90. The molecule has 0 amide bonds. The SMILES string of the molecule is CC(C)(C)n1ncc(C(NS(=O)(=O)c2ccc(C(F)(F)F)nc2)C2CC2)c1-c1ccc(F)cc1Br. The van der Waals surface area contributed by atoms with Crippen LogP contribution in [0.4, 0.5) is 17.6 Å². The molecule has 35 heavy (non-hydrogen) atoms. The second-order valence-corrected chi connectivity index (χ2v) is 12.0. The summed E-state index contributed by atoms with van der Waals surface area (Å²) in [5, 5.41) is 4.53. The molecule has 1 saturated carbocycles. The van der Waals surface area contributed by atoms with Crippen molar-refractivity contribution in [1.29, 1.82) is 0 Å². The van der Waals surface area contributed by atoms with Gasteiger partial charge in [-0.05, 0) is 85.8 Å². The first-order valence-electron chi connectivity index (χ1n) is 10.8. The normalized spacial score (nSPS) is 15.9. The molecular formula is C23H23BrF4N4O2S. The molecule has 1 atom stereocenters. The van der Waals surface area contributed by atoms with Gasteiger partial charge in [0.15, 0.2) is 0 Å². The third kappa shape index (κ3) is 5.44. The number of sulfonamides is 1. The lowest BCUT2D eigenvalue weighted by molar-refractivity contribution is -0.141. The molecule has 2 aromatic heterocycles. The van der Waals surface area contributed by atoms with Crippen LogP contribution < -0.4 is 4.72 Å². The van der Waals surface area contributed by atoms with Gasteiger partial charge in [-0.25, -0.2) is 17.5 Å². The summed E-state index contributed by atoms with van der Waals surface area (Å²) in [6.45, 7) is 5.82. The van der Waals surface area contributed by atoms with Gasteiger partial charge in [-0.15, -0.1) is 0 Å². The smallest absolute Gasteiger partial charge is 0.259 e. The summed E-state index contributed by atoms with van der Waals surface area (Å²) < 4.78 is 83.6. The van der Waals surface area contributed by atoms with Gasteiger partial charge in [0.1, 0.15) is 16.4 Å². The number of rotatable bonds is 6. The van der Waals surface area contributed by atoms with Gasteiger partial charge in [0.25, 0.3) is 0 Å². The van der Waals surface area contributed by atoms with E-state index < -0.39 is 39.3 Å². The van der Waals surface area contributed by atoms with Crippen LogP contribution in [0, 0.1) is 11.7 Å². The van der Waals surface area contributed by atoms with Gasteiger partial charge in [-0.1, -0.05) is 0 Å². The van der Waals surface area contributed by atoms with Crippen LogP contribution in [0.1, 0.15) is 50.9 Å². The molecule has 0 radical (unpaired) electrons. The molecule has 1 aliphatic carbocycles. The van der Waals surface area contributed by atoms with Gasteiger partial charge in [-0.3, -0.25) is 9.67 Å². The Morgan fingerprint density at radius 3 is 2.31 bits per heavy atom. The van der Waals surface area contributed by atoms with Crippen LogP contribution in [0.5, 0.6) is 0 Å². The number of hydrogen-bond donors (Lipinski definition) is 1. The molecule has 6 nitrogen and oxygen atoms in total. The van der Waals surface area contributed by atoms with Crippen molar-refractivity contribution in [1.82, 2.24) is 19.5 Å². The van der Waals surface area contributed by atoms with E-state index in [1.807, 2.05) is 20.8 Å². The highest BCUT2D eigenvalue weighted by Gasteiger charge is 2.40. The van der Waals surface area contributed by atoms with Crippen LogP contribution in [0.25, 0.3) is 11.3 Å². The van der Waals surface area contributed by atoms with Gasteiger partial charge in [0, 0.05) is 21.8 Å². The first kappa shape index (κ1) is 25.8. The predicted octanol–water partition coefficient (Wildman–Crippen LogP) is 6.05. The standard InChI is InChI=1S/C23H23BrF4N4O2S/c1-22(2,3)32-21(16-8-6-14(25)10-18(16)24)17(12-30-32)20(13-4-5-13)31-35(33,34)15-7-9-19(29-11-15)23(26,27)28/h6-13,20,31H,4-5H2,1-3H3. The molecular weight excluding hydrogens is 552 g/mol. The largest absolute Gasteiger partial charge is 0.433 e. The first-order valence-corrected chi connectivity index (χ1v) is 13.1. The van der Waals surface area contributed by atoms with Crippen molar-refractivity contribution in [3.63, 3.8) is 0 Å². The zero-order chi connectivity index (χ0) is 25.8. The third-order valence-electron chi connectivity index (χ3n) is 5.67. The Hall–Kier alpha value is -2.31. The lowest BCUT2D eigenvalue weighted by Crippen LogP contribution is -2.31. The number of nitrogens with zero attached hydrogens (tertiary/aromatic N) is 3. The van der Waals surface area contributed by atoms with Crippen molar-refractivity contribution >= 4 is 26.0 Å². The number of halogens is 5. The summed E-state index contributed by atoms with van der Waals surface area (Å²) in [6, 6.07) is 5.07. The zero-order valence-corrected chi connectivity index (χ0v) is 21.5. The van der Waals surface area contributed by atoms with Crippen molar-refractivity contribution < 1.29 is 26.0 Å². The Labute approximate surface area is 208 Å². The Balaban J connectivity index is 1.78. The molecule has 188 valence electrons. The van der Waals surface area contributed by atoms with E-state index in [9.17, 15) is 26.0 Å². The second kappa shape index (κ2) is 8.97. The molecule has 1 aliphatic rings. The predicted molar refractivity (Wildman–Crippen MR) is 125 cm³/mol. The van der Waals surface area contributed by atoms with Crippen molar-refractivity contribution in [3.8, 4) is 11.3 Å². The third-order valence-corrected chi connectivity index (χ3v) is 7.75. The van der Waals surface area contributed by atoms with Crippen LogP contribution in [0.15, 0.2) is 52.1 Å². The second-order valence-electron chi connectivity index (χ2n) is 9.47. The summed E-state index contributed by atoms with van der Waals surface area (Å²) >= 11 is 3.41. The van der Waals surface area contributed by atoms with Crippen molar-refractivity contribution in [2.24, 2.45) is 5.92 Å². The zero-order valence-electron chi connectivity index (χ0n) is 19.1. The number of nitrogens with one attached hydrogen (secondary N) is 1. The fraction of sp³-hybridized carbons (Fsp3) is 0.391. The summed E-state index contributed by atoms with van der Waals surface area (Å²) in [5.74, 6) is -0.457. The van der Waals surface area contributed by atoms with Crippen molar-refractivity contribution in [2.75, 3.05) is 0 Å². The highest BCUT2D eigenvalue weighted by atomic mass is 79.9. The van der Waals surface area contributed by atoms with E-state index in [0.29, 0.717) is 33.6 Å². The highest BCUT2D eigenvalue weighted by Crippen LogP contribution is 2.46. The van der Waals surface area contributed by atoms with E-state index in [-0.39, 0.29) is 10.8 Å². The van der Waals surface area contributed by atoms with E-state index >= 15 is 0 Å². The summed E-state index contributed by atoms with van der Waals surface area (Å²) in [6.07, 6.45) is -0.852. The maximum Gasteiger partial charge on any atom is 0.433 e. The van der Waals surface area contributed by atoms with Gasteiger partial charge in [0.05, 0.1) is 23.5 Å². The Morgan fingerprint density at radius 2 is 1.80 bits per heavy atom. The Kier molecular flexibility index (Phi) is 6.60. The van der Waals surface area contributed by atoms with E-state index in [2.05, 4.69) is 30.7 Å². The highest BCUT2D eigenvalue weighted by molar-refractivity contribution is 9.10.